The molecular formula is C22H22ClN3O2S. The Bertz CT molecular complexity index is 985. The van der Waals surface area contributed by atoms with Crippen LogP contribution in [0.3, 0.4) is 0 Å². The van der Waals surface area contributed by atoms with Gasteiger partial charge in [-0.2, -0.15) is 0 Å². The number of thiazole rings is 1. The van der Waals surface area contributed by atoms with Crippen LogP contribution in [0, 0.1) is 0 Å². The molecule has 4 rings (SSSR count). The highest BCUT2D eigenvalue weighted by atomic mass is 35.5. The molecule has 0 saturated carbocycles. The zero-order valence-electron chi connectivity index (χ0n) is 15.9. The maximum atomic E-state index is 12.5. The molecule has 1 amide bonds. The fourth-order valence-electron chi connectivity index (χ4n) is 3.28. The SMILES string of the molecule is O=C(Cc1csc(-c2ccccc2Cl)n1)Nc1cccc(CN2CCOCC2)c1. The lowest BCUT2D eigenvalue weighted by Crippen LogP contribution is -2.35. The number of morpholine rings is 1. The molecule has 5 nitrogen and oxygen atoms in total. The molecule has 2 heterocycles. The van der Waals surface area contributed by atoms with Gasteiger partial charge in [-0.3, -0.25) is 9.69 Å². The van der Waals surface area contributed by atoms with E-state index in [-0.39, 0.29) is 12.3 Å². The van der Waals surface area contributed by atoms with E-state index in [2.05, 4.69) is 21.3 Å². The second-order valence-electron chi connectivity index (χ2n) is 6.94. The van der Waals surface area contributed by atoms with Crippen LogP contribution < -0.4 is 5.32 Å². The number of benzene rings is 2. The van der Waals surface area contributed by atoms with E-state index >= 15 is 0 Å². The fourth-order valence-corrected chi connectivity index (χ4v) is 4.42. The molecule has 0 bridgehead atoms. The third-order valence-electron chi connectivity index (χ3n) is 4.72. The van der Waals surface area contributed by atoms with Gasteiger partial charge in [0, 0.05) is 36.3 Å². The van der Waals surface area contributed by atoms with E-state index in [1.165, 1.54) is 16.9 Å². The number of aromatic nitrogens is 1. The van der Waals surface area contributed by atoms with Crippen molar-refractivity contribution < 1.29 is 9.53 Å². The number of rotatable bonds is 6. The number of hydrogen-bond acceptors (Lipinski definition) is 5. The summed E-state index contributed by atoms with van der Waals surface area (Å²) in [5.41, 5.74) is 3.62. The maximum Gasteiger partial charge on any atom is 0.230 e. The van der Waals surface area contributed by atoms with Crippen molar-refractivity contribution in [3.8, 4) is 10.6 Å². The minimum Gasteiger partial charge on any atom is -0.379 e. The highest BCUT2D eigenvalue weighted by molar-refractivity contribution is 7.13. The van der Waals surface area contributed by atoms with Crippen molar-refractivity contribution in [3.05, 3.63) is 70.2 Å². The van der Waals surface area contributed by atoms with Crippen molar-refractivity contribution >= 4 is 34.5 Å². The van der Waals surface area contributed by atoms with Gasteiger partial charge in [-0.15, -0.1) is 11.3 Å². The number of halogens is 1. The van der Waals surface area contributed by atoms with E-state index in [1.807, 2.05) is 47.8 Å². The van der Waals surface area contributed by atoms with Crippen LogP contribution in [-0.4, -0.2) is 42.1 Å². The zero-order chi connectivity index (χ0) is 20.1. The summed E-state index contributed by atoms with van der Waals surface area (Å²) in [6.45, 7) is 4.29. The zero-order valence-corrected chi connectivity index (χ0v) is 17.5. The van der Waals surface area contributed by atoms with Crippen molar-refractivity contribution in [1.82, 2.24) is 9.88 Å². The molecule has 29 heavy (non-hydrogen) atoms. The molecule has 1 aliphatic rings. The van der Waals surface area contributed by atoms with E-state index in [1.54, 1.807) is 0 Å². The summed E-state index contributed by atoms with van der Waals surface area (Å²) in [5.74, 6) is -0.0791. The second kappa shape index (κ2) is 9.50. The Balaban J connectivity index is 1.36. The number of nitrogens with one attached hydrogen (secondary N) is 1. The first kappa shape index (κ1) is 20.0. The number of amides is 1. The van der Waals surface area contributed by atoms with E-state index in [0.717, 1.165) is 54.8 Å². The molecule has 1 N–H and O–H groups in total. The Morgan fingerprint density at radius 3 is 2.83 bits per heavy atom. The van der Waals surface area contributed by atoms with Crippen LogP contribution in [0.1, 0.15) is 11.3 Å². The van der Waals surface area contributed by atoms with E-state index in [0.29, 0.717) is 5.02 Å². The molecular weight excluding hydrogens is 406 g/mol. The van der Waals surface area contributed by atoms with Gasteiger partial charge in [0.05, 0.1) is 30.4 Å². The number of ether oxygens (including phenoxy) is 1. The minimum absolute atomic E-state index is 0.0791. The first-order valence-electron chi connectivity index (χ1n) is 9.55. The van der Waals surface area contributed by atoms with Crippen LogP contribution in [-0.2, 0) is 22.5 Å². The van der Waals surface area contributed by atoms with Crippen LogP contribution in [0.5, 0.6) is 0 Å². The van der Waals surface area contributed by atoms with Gasteiger partial charge in [0.15, 0.2) is 0 Å². The summed E-state index contributed by atoms with van der Waals surface area (Å²) in [6, 6.07) is 15.6. The number of carbonyl (C=O) groups excluding carboxylic acids is 1. The average molecular weight is 428 g/mol. The van der Waals surface area contributed by atoms with Gasteiger partial charge in [-0.25, -0.2) is 4.98 Å². The van der Waals surface area contributed by atoms with Crippen molar-refractivity contribution in [1.29, 1.82) is 0 Å². The molecule has 1 aromatic heterocycles. The van der Waals surface area contributed by atoms with Crippen molar-refractivity contribution in [2.45, 2.75) is 13.0 Å². The summed E-state index contributed by atoms with van der Waals surface area (Å²) >= 11 is 7.74. The standard InChI is InChI=1S/C22H22ClN3O2S/c23-20-7-2-1-6-19(20)22-25-18(15-29-22)13-21(27)24-17-5-3-4-16(12-17)14-26-8-10-28-11-9-26/h1-7,12,15H,8-11,13-14H2,(H,24,27). The number of carbonyl (C=O) groups is 1. The van der Waals surface area contributed by atoms with Crippen molar-refractivity contribution in [3.63, 3.8) is 0 Å². The highest BCUT2D eigenvalue weighted by Crippen LogP contribution is 2.30. The van der Waals surface area contributed by atoms with Gasteiger partial charge >= 0.3 is 0 Å². The molecule has 0 atom stereocenters. The third-order valence-corrected chi connectivity index (χ3v) is 5.97. The predicted octanol–water partition coefficient (Wildman–Crippen LogP) is 4.48. The Labute approximate surface area is 179 Å². The molecule has 1 fully saturated rings. The molecule has 150 valence electrons. The van der Waals surface area contributed by atoms with Crippen molar-refractivity contribution in [2.24, 2.45) is 0 Å². The summed E-state index contributed by atoms with van der Waals surface area (Å²) in [4.78, 5) is 19.4. The van der Waals surface area contributed by atoms with Gasteiger partial charge in [0.1, 0.15) is 5.01 Å². The molecule has 1 saturated heterocycles. The topological polar surface area (TPSA) is 54.5 Å². The smallest absolute Gasteiger partial charge is 0.230 e. The monoisotopic (exact) mass is 427 g/mol. The molecule has 7 heteroatoms. The van der Waals surface area contributed by atoms with Crippen molar-refractivity contribution in [2.75, 3.05) is 31.6 Å². The quantitative estimate of drug-likeness (QED) is 0.630. The lowest BCUT2D eigenvalue weighted by atomic mass is 10.1. The first-order chi connectivity index (χ1) is 14.2. The lowest BCUT2D eigenvalue weighted by molar-refractivity contribution is -0.115. The molecule has 3 aromatic rings. The first-order valence-corrected chi connectivity index (χ1v) is 10.8. The number of nitrogens with zero attached hydrogens (tertiary/aromatic N) is 2. The van der Waals surface area contributed by atoms with E-state index in [9.17, 15) is 4.79 Å². The Morgan fingerprint density at radius 2 is 2.00 bits per heavy atom. The van der Waals surface area contributed by atoms with Crippen LogP contribution in [0.4, 0.5) is 5.69 Å². The summed E-state index contributed by atoms with van der Waals surface area (Å²) in [7, 11) is 0. The average Bonchev–Trinajstić information content (AvgIpc) is 3.17. The molecule has 2 aromatic carbocycles. The molecule has 0 aliphatic carbocycles. The molecule has 0 radical (unpaired) electrons. The molecule has 1 aliphatic heterocycles. The van der Waals surface area contributed by atoms with E-state index < -0.39 is 0 Å². The Kier molecular flexibility index (Phi) is 6.56. The number of hydrogen-bond donors (Lipinski definition) is 1. The van der Waals surface area contributed by atoms with Gasteiger partial charge in [0.2, 0.25) is 5.91 Å². The van der Waals surface area contributed by atoms with Crippen LogP contribution in [0.2, 0.25) is 5.02 Å². The third kappa shape index (κ3) is 5.42. The lowest BCUT2D eigenvalue weighted by Gasteiger charge is -2.26. The number of anilines is 1. The van der Waals surface area contributed by atoms with Gasteiger partial charge in [-0.1, -0.05) is 41.9 Å². The summed E-state index contributed by atoms with van der Waals surface area (Å²) in [5, 5.41) is 6.38. The maximum absolute atomic E-state index is 12.5. The van der Waals surface area contributed by atoms with Gasteiger partial charge in [-0.05, 0) is 23.8 Å². The van der Waals surface area contributed by atoms with Crippen LogP contribution in [0.25, 0.3) is 10.6 Å². The minimum atomic E-state index is -0.0791. The largest absolute Gasteiger partial charge is 0.379 e. The van der Waals surface area contributed by atoms with Crippen LogP contribution >= 0.6 is 22.9 Å². The Morgan fingerprint density at radius 1 is 1.17 bits per heavy atom. The second-order valence-corrected chi connectivity index (χ2v) is 8.20. The summed E-state index contributed by atoms with van der Waals surface area (Å²) < 4.78 is 5.40. The summed E-state index contributed by atoms with van der Waals surface area (Å²) in [6.07, 6.45) is 0.231. The Hall–Kier alpha value is -2.25. The van der Waals surface area contributed by atoms with E-state index in [4.69, 9.17) is 16.3 Å². The normalized spacial score (nSPS) is 14.7. The van der Waals surface area contributed by atoms with Gasteiger partial charge in [0.25, 0.3) is 0 Å². The fraction of sp³-hybridized carbons (Fsp3) is 0.273. The highest BCUT2D eigenvalue weighted by Gasteiger charge is 2.13. The molecule has 0 unspecified atom stereocenters. The van der Waals surface area contributed by atoms with Gasteiger partial charge < -0.3 is 10.1 Å². The predicted molar refractivity (Wildman–Crippen MR) is 117 cm³/mol. The van der Waals surface area contributed by atoms with Crippen LogP contribution in [0.15, 0.2) is 53.9 Å². The molecule has 0 spiro atoms.